The highest BCUT2D eigenvalue weighted by Gasteiger charge is 2.17. The molecule has 1 saturated heterocycles. The summed E-state index contributed by atoms with van der Waals surface area (Å²) in [5.74, 6) is 1.13. The second-order valence-corrected chi connectivity index (χ2v) is 6.85. The maximum absolute atomic E-state index is 12.1. The highest BCUT2D eigenvalue weighted by molar-refractivity contribution is 6.25. The molecule has 0 bridgehead atoms. The fraction of sp³-hybridized carbons (Fsp3) is 0.545. The van der Waals surface area contributed by atoms with E-state index in [9.17, 15) is 4.79 Å². The van der Waals surface area contributed by atoms with Crippen LogP contribution in [0.25, 0.3) is 5.57 Å². The molecule has 1 aromatic rings. The van der Waals surface area contributed by atoms with E-state index in [1.165, 1.54) is 6.08 Å². The first-order valence-corrected chi connectivity index (χ1v) is 10.0. The second kappa shape index (κ2) is 11.5. The molecule has 1 heterocycles. The molecular weight excluding hydrogens is 356 g/mol. The smallest absolute Gasteiger partial charge is 0.331 e. The van der Waals surface area contributed by atoms with Crippen LogP contribution in [0, 0.1) is 0 Å². The summed E-state index contributed by atoms with van der Waals surface area (Å²) in [5, 5.41) is 0. The van der Waals surface area contributed by atoms with Crippen LogP contribution in [0.2, 0.25) is 0 Å². The maximum Gasteiger partial charge on any atom is 0.331 e. The third-order valence-electron chi connectivity index (χ3n) is 4.27. The van der Waals surface area contributed by atoms with Crippen LogP contribution >= 0.6 is 0 Å². The highest BCUT2D eigenvalue weighted by atomic mass is 16.7. The van der Waals surface area contributed by atoms with Crippen molar-refractivity contribution in [3.63, 3.8) is 0 Å². The first kappa shape index (κ1) is 22.0. The minimum absolute atomic E-state index is 0.183. The number of carbonyl (C=O) groups excluding carboxylic acids is 1. The van der Waals surface area contributed by atoms with Gasteiger partial charge in [-0.05, 0) is 43.9 Å². The topological polar surface area (TPSA) is 60.4 Å². The molecular formula is C22H32N2O4. The Morgan fingerprint density at radius 2 is 2.00 bits per heavy atom. The summed E-state index contributed by atoms with van der Waals surface area (Å²) >= 11 is 0. The Balaban J connectivity index is 2.27. The molecule has 0 saturated carbocycles. The quantitative estimate of drug-likeness (QED) is 0.292. The normalized spacial score (nSPS) is 17.9. The number of amidine groups is 1. The zero-order valence-corrected chi connectivity index (χ0v) is 17.4. The molecule has 28 heavy (non-hydrogen) atoms. The molecule has 0 spiro atoms. The molecule has 1 unspecified atom stereocenters. The molecule has 154 valence electrons. The number of hydrogen-bond acceptors (Lipinski definition) is 5. The van der Waals surface area contributed by atoms with E-state index in [0.29, 0.717) is 13.2 Å². The van der Waals surface area contributed by atoms with E-state index in [1.54, 1.807) is 6.92 Å². The van der Waals surface area contributed by atoms with Gasteiger partial charge in [0.05, 0.1) is 13.2 Å². The zero-order chi connectivity index (χ0) is 20.4. The summed E-state index contributed by atoms with van der Waals surface area (Å²) in [4.78, 5) is 18.7. The van der Waals surface area contributed by atoms with E-state index >= 15 is 0 Å². The first-order valence-electron chi connectivity index (χ1n) is 10.0. The summed E-state index contributed by atoms with van der Waals surface area (Å²) in [7, 11) is 3.84. The maximum atomic E-state index is 12.1. The fourth-order valence-corrected chi connectivity index (χ4v) is 2.93. The minimum Gasteiger partial charge on any atom is -0.465 e. The van der Waals surface area contributed by atoms with Crippen molar-refractivity contribution in [3.05, 3.63) is 35.9 Å². The number of hydrogen-bond donors (Lipinski definition) is 0. The molecule has 0 aromatic heterocycles. The summed E-state index contributed by atoms with van der Waals surface area (Å²) in [6, 6.07) is 7.68. The number of ether oxygens (including phenoxy) is 3. The molecule has 6 nitrogen and oxygen atoms in total. The summed E-state index contributed by atoms with van der Waals surface area (Å²) in [6.07, 6.45) is 5.37. The van der Waals surface area contributed by atoms with Crippen LogP contribution in [0.3, 0.4) is 0 Å². The molecule has 6 heteroatoms. The number of aliphatic imine (C=N–C) groups is 1. The minimum atomic E-state index is -0.375. The van der Waals surface area contributed by atoms with Crippen molar-refractivity contribution in [2.75, 3.05) is 33.9 Å². The first-order chi connectivity index (χ1) is 13.5. The van der Waals surface area contributed by atoms with Crippen LogP contribution in [0.15, 0.2) is 35.3 Å². The van der Waals surface area contributed by atoms with Gasteiger partial charge >= 0.3 is 5.97 Å². The van der Waals surface area contributed by atoms with Crippen molar-refractivity contribution in [2.45, 2.75) is 45.8 Å². The average Bonchev–Trinajstić information content (AvgIpc) is 2.69. The number of carbonyl (C=O) groups is 1. The van der Waals surface area contributed by atoms with Gasteiger partial charge < -0.3 is 19.1 Å². The third kappa shape index (κ3) is 6.68. The van der Waals surface area contributed by atoms with Crippen LogP contribution in [-0.2, 0) is 14.3 Å². The largest absolute Gasteiger partial charge is 0.465 e. The summed E-state index contributed by atoms with van der Waals surface area (Å²) < 4.78 is 16.7. The number of esters is 1. The van der Waals surface area contributed by atoms with Gasteiger partial charge in [-0.25, -0.2) is 4.79 Å². The fourth-order valence-electron chi connectivity index (χ4n) is 2.93. The van der Waals surface area contributed by atoms with Gasteiger partial charge in [-0.15, -0.1) is 0 Å². The van der Waals surface area contributed by atoms with Gasteiger partial charge in [0.2, 0.25) is 0 Å². The van der Waals surface area contributed by atoms with E-state index in [4.69, 9.17) is 14.2 Å². The Labute approximate surface area is 168 Å². The zero-order valence-electron chi connectivity index (χ0n) is 17.4. The highest BCUT2D eigenvalue weighted by Crippen LogP contribution is 2.24. The average molecular weight is 389 g/mol. The lowest BCUT2D eigenvalue weighted by molar-refractivity contribution is -0.137. The molecule has 1 fully saturated rings. The van der Waals surface area contributed by atoms with Crippen LogP contribution in [0.5, 0.6) is 5.75 Å². The number of rotatable bonds is 8. The SMILES string of the molecule is CCCN=C(/C(=C\C(=O)OCC)c1ccc(OC2CCCCO2)cc1)N(C)C. The Bertz CT molecular complexity index is 674. The molecule has 0 N–H and O–H groups in total. The number of benzene rings is 1. The summed E-state index contributed by atoms with van der Waals surface area (Å²) in [6.45, 7) is 5.64. The Hall–Kier alpha value is -2.34. The third-order valence-corrected chi connectivity index (χ3v) is 4.27. The van der Waals surface area contributed by atoms with Crippen molar-refractivity contribution in [3.8, 4) is 5.75 Å². The number of likely N-dealkylation sites (N-methyl/N-ethyl adjacent to an activating group) is 1. The Kier molecular flexibility index (Phi) is 9.01. The van der Waals surface area contributed by atoms with E-state index in [0.717, 1.165) is 55.0 Å². The van der Waals surface area contributed by atoms with Gasteiger partial charge in [-0.1, -0.05) is 19.1 Å². The van der Waals surface area contributed by atoms with E-state index in [2.05, 4.69) is 11.9 Å². The van der Waals surface area contributed by atoms with Gasteiger partial charge in [0.1, 0.15) is 11.6 Å². The van der Waals surface area contributed by atoms with Gasteiger partial charge in [-0.2, -0.15) is 0 Å². The molecule has 1 atom stereocenters. The van der Waals surface area contributed by atoms with Crippen molar-refractivity contribution in [1.29, 1.82) is 0 Å². The van der Waals surface area contributed by atoms with Crippen LogP contribution in [0.1, 0.15) is 45.1 Å². The van der Waals surface area contributed by atoms with E-state index in [1.807, 2.05) is 43.3 Å². The van der Waals surface area contributed by atoms with Gasteiger partial charge in [0.25, 0.3) is 0 Å². The molecule has 1 aromatic carbocycles. The predicted octanol–water partition coefficient (Wildman–Crippen LogP) is 3.91. The van der Waals surface area contributed by atoms with Crippen LogP contribution < -0.4 is 4.74 Å². The number of nitrogens with zero attached hydrogens (tertiary/aromatic N) is 2. The van der Waals surface area contributed by atoms with E-state index in [-0.39, 0.29) is 12.3 Å². The predicted molar refractivity (Wildman–Crippen MR) is 112 cm³/mol. The van der Waals surface area contributed by atoms with Crippen molar-refractivity contribution in [1.82, 2.24) is 4.90 Å². The Morgan fingerprint density at radius 1 is 1.25 bits per heavy atom. The molecule has 0 amide bonds. The van der Waals surface area contributed by atoms with Crippen molar-refractivity contribution < 1.29 is 19.0 Å². The lowest BCUT2D eigenvalue weighted by atomic mass is 10.0. The standard InChI is InChI=1S/C22H32N2O4/c1-5-14-23-22(24(3)4)19(16-20(25)26-6-2)17-10-12-18(13-11-17)28-21-9-7-8-15-27-21/h10-13,16,21H,5-9,14-15H2,1-4H3/b19-16-,23-22?. The van der Waals surface area contributed by atoms with Crippen LogP contribution in [-0.4, -0.2) is 56.8 Å². The van der Waals surface area contributed by atoms with Gasteiger partial charge in [-0.3, -0.25) is 4.99 Å². The monoisotopic (exact) mass is 388 g/mol. The Morgan fingerprint density at radius 3 is 2.57 bits per heavy atom. The van der Waals surface area contributed by atoms with Crippen molar-refractivity contribution >= 4 is 17.4 Å². The lowest BCUT2D eigenvalue weighted by Gasteiger charge is -2.23. The lowest BCUT2D eigenvalue weighted by Crippen LogP contribution is -2.25. The molecule has 0 radical (unpaired) electrons. The van der Waals surface area contributed by atoms with Gasteiger partial charge in [0.15, 0.2) is 6.29 Å². The van der Waals surface area contributed by atoms with Crippen LogP contribution in [0.4, 0.5) is 0 Å². The molecule has 1 aliphatic rings. The second-order valence-electron chi connectivity index (χ2n) is 6.85. The molecule has 0 aliphatic carbocycles. The molecule has 2 rings (SSSR count). The van der Waals surface area contributed by atoms with E-state index < -0.39 is 0 Å². The summed E-state index contributed by atoms with van der Waals surface area (Å²) in [5.41, 5.74) is 1.62. The molecule has 1 aliphatic heterocycles. The van der Waals surface area contributed by atoms with Gasteiger partial charge in [0, 0.05) is 38.7 Å². The van der Waals surface area contributed by atoms with Crippen molar-refractivity contribution in [2.24, 2.45) is 4.99 Å².